The average molecular weight is 308 g/mol. The number of hydrogen-bond acceptors (Lipinski definition) is 2. The number of halogens is 1. The molecule has 3 nitrogen and oxygen atoms in total. The third-order valence-corrected chi connectivity index (χ3v) is 3.28. The molecular formula is C14H18BrN3. The highest BCUT2D eigenvalue weighted by Crippen LogP contribution is 2.22. The van der Waals surface area contributed by atoms with Gasteiger partial charge in [-0.05, 0) is 25.1 Å². The molecule has 0 saturated carbocycles. The lowest BCUT2D eigenvalue weighted by atomic mass is 10.2. The third-order valence-electron chi connectivity index (χ3n) is 2.79. The van der Waals surface area contributed by atoms with Crippen LogP contribution in [0.5, 0.6) is 0 Å². The van der Waals surface area contributed by atoms with Crippen molar-refractivity contribution in [2.75, 3.05) is 13.1 Å². The molecule has 0 aliphatic carbocycles. The van der Waals surface area contributed by atoms with Crippen LogP contribution in [0.25, 0.3) is 11.3 Å². The van der Waals surface area contributed by atoms with Crippen molar-refractivity contribution in [3.63, 3.8) is 0 Å². The SMILES string of the molecule is CCCNCCn1cncc1-c1cccc(Br)c1. The van der Waals surface area contributed by atoms with Crippen LogP contribution in [0.1, 0.15) is 13.3 Å². The van der Waals surface area contributed by atoms with Gasteiger partial charge in [0.1, 0.15) is 0 Å². The first-order valence-electron chi connectivity index (χ1n) is 6.28. The van der Waals surface area contributed by atoms with E-state index >= 15 is 0 Å². The van der Waals surface area contributed by atoms with Gasteiger partial charge in [-0.25, -0.2) is 4.98 Å². The van der Waals surface area contributed by atoms with Gasteiger partial charge in [-0.2, -0.15) is 0 Å². The minimum atomic E-state index is 0.946. The van der Waals surface area contributed by atoms with Crippen LogP contribution in [0, 0.1) is 0 Å². The van der Waals surface area contributed by atoms with Crippen molar-refractivity contribution in [1.82, 2.24) is 14.9 Å². The summed E-state index contributed by atoms with van der Waals surface area (Å²) in [7, 11) is 0. The molecule has 0 fully saturated rings. The van der Waals surface area contributed by atoms with Crippen molar-refractivity contribution in [2.24, 2.45) is 0 Å². The maximum Gasteiger partial charge on any atom is 0.0951 e. The molecular weight excluding hydrogens is 290 g/mol. The second kappa shape index (κ2) is 6.71. The zero-order valence-electron chi connectivity index (χ0n) is 10.6. The molecule has 96 valence electrons. The van der Waals surface area contributed by atoms with Gasteiger partial charge < -0.3 is 9.88 Å². The summed E-state index contributed by atoms with van der Waals surface area (Å²) >= 11 is 3.50. The second-order valence-corrected chi connectivity index (χ2v) is 5.15. The minimum absolute atomic E-state index is 0.946. The Hall–Kier alpha value is -1.13. The van der Waals surface area contributed by atoms with Gasteiger partial charge in [-0.3, -0.25) is 0 Å². The average Bonchev–Trinajstić information content (AvgIpc) is 2.83. The summed E-state index contributed by atoms with van der Waals surface area (Å²) < 4.78 is 3.28. The molecule has 0 spiro atoms. The van der Waals surface area contributed by atoms with Crippen molar-refractivity contribution in [3.05, 3.63) is 41.3 Å². The first-order valence-corrected chi connectivity index (χ1v) is 7.07. The Morgan fingerprint density at radius 1 is 1.33 bits per heavy atom. The summed E-state index contributed by atoms with van der Waals surface area (Å²) in [4.78, 5) is 4.25. The number of nitrogens with one attached hydrogen (secondary N) is 1. The fraction of sp³-hybridized carbons (Fsp3) is 0.357. The van der Waals surface area contributed by atoms with Gasteiger partial charge in [0.25, 0.3) is 0 Å². The first-order chi connectivity index (χ1) is 8.81. The van der Waals surface area contributed by atoms with Gasteiger partial charge in [-0.15, -0.1) is 0 Å². The highest BCUT2D eigenvalue weighted by molar-refractivity contribution is 9.10. The number of nitrogens with zero attached hydrogens (tertiary/aromatic N) is 2. The van der Waals surface area contributed by atoms with Gasteiger partial charge in [0.05, 0.1) is 18.2 Å². The van der Waals surface area contributed by atoms with Gasteiger partial charge in [-0.1, -0.05) is 35.0 Å². The monoisotopic (exact) mass is 307 g/mol. The summed E-state index contributed by atoms with van der Waals surface area (Å²) in [5.41, 5.74) is 2.35. The first kappa shape index (κ1) is 13.3. The van der Waals surface area contributed by atoms with Gasteiger partial charge >= 0.3 is 0 Å². The Bertz CT molecular complexity index is 493. The van der Waals surface area contributed by atoms with Crippen LogP contribution in [0.3, 0.4) is 0 Å². The Balaban J connectivity index is 2.08. The van der Waals surface area contributed by atoms with Gasteiger partial charge in [0.15, 0.2) is 0 Å². The molecule has 2 rings (SSSR count). The standard InChI is InChI=1S/C14H18BrN3/c1-2-6-16-7-8-18-11-17-10-14(18)12-4-3-5-13(15)9-12/h3-5,9-11,16H,2,6-8H2,1H3. The molecule has 1 aromatic carbocycles. The molecule has 0 aliphatic heterocycles. The topological polar surface area (TPSA) is 29.9 Å². The Labute approximate surface area is 116 Å². The molecule has 0 amide bonds. The van der Waals surface area contributed by atoms with E-state index in [1.165, 1.54) is 12.0 Å². The maximum atomic E-state index is 4.25. The molecule has 18 heavy (non-hydrogen) atoms. The molecule has 1 aromatic heterocycles. The highest BCUT2D eigenvalue weighted by atomic mass is 79.9. The van der Waals surface area contributed by atoms with Crippen LogP contribution in [0.15, 0.2) is 41.3 Å². The molecule has 1 N–H and O–H groups in total. The second-order valence-electron chi connectivity index (χ2n) is 4.23. The molecule has 2 aromatic rings. The quantitative estimate of drug-likeness (QED) is 0.830. The third kappa shape index (κ3) is 3.43. The molecule has 1 heterocycles. The Morgan fingerprint density at radius 2 is 2.22 bits per heavy atom. The molecule has 0 unspecified atom stereocenters. The van der Waals surface area contributed by atoms with Gasteiger partial charge in [0, 0.05) is 23.1 Å². The molecule has 0 radical (unpaired) electrons. The van der Waals surface area contributed by atoms with Crippen molar-refractivity contribution in [3.8, 4) is 11.3 Å². The fourth-order valence-corrected chi connectivity index (χ4v) is 2.29. The van der Waals surface area contributed by atoms with Crippen LogP contribution in [0.2, 0.25) is 0 Å². The zero-order chi connectivity index (χ0) is 12.8. The highest BCUT2D eigenvalue weighted by Gasteiger charge is 2.04. The van der Waals surface area contributed by atoms with E-state index < -0.39 is 0 Å². The molecule has 4 heteroatoms. The molecule has 0 aliphatic rings. The van der Waals surface area contributed by atoms with Crippen molar-refractivity contribution in [2.45, 2.75) is 19.9 Å². The van der Waals surface area contributed by atoms with Crippen LogP contribution in [-0.4, -0.2) is 22.6 Å². The van der Waals surface area contributed by atoms with Crippen LogP contribution < -0.4 is 5.32 Å². The fourth-order valence-electron chi connectivity index (χ4n) is 1.89. The van der Waals surface area contributed by atoms with Gasteiger partial charge in [0.2, 0.25) is 0 Å². The zero-order valence-corrected chi connectivity index (χ0v) is 12.2. The summed E-state index contributed by atoms with van der Waals surface area (Å²) in [5, 5.41) is 3.41. The lowest BCUT2D eigenvalue weighted by Gasteiger charge is -2.09. The summed E-state index contributed by atoms with van der Waals surface area (Å²) in [6.45, 7) is 5.17. The predicted molar refractivity (Wildman–Crippen MR) is 78.5 cm³/mol. The molecule has 0 saturated heterocycles. The summed E-state index contributed by atoms with van der Waals surface area (Å²) in [6, 6.07) is 8.31. The lowest BCUT2D eigenvalue weighted by molar-refractivity contribution is 0.596. The van der Waals surface area contributed by atoms with E-state index in [0.717, 1.165) is 29.8 Å². The van der Waals surface area contributed by atoms with E-state index in [1.807, 2.05) is 24.7 Å². The van der Waals surface area contributed by atoms with E-state index in [9.17, 15) is 0 Å². The number of benzene rings is 1. The van der Waals surface area contributed by atoms with Crippen molar-refractivity contribution >= 4 is 15.9 Å². The largest absolute Gasteiger partial charge is 0.329 e. The van der Waals surface area contributed by atoms with Crippen LogP contribution in [-0.2, 0) is 6.54 Å². The van der Waals surface area contributed by atoms with Crippen molar-refractivity contribution < 1.29 is 0 Å². The summed E-state index contributed by atoms with van der Waals surface area (Å²) in [5.74, 6) is 0. The van der Waals surface area contributed by atoms with Crippen LogP contribution >= 0.6 is 15.9 Å². The number of imidazole rings is 1. The Kier molecular flexibility index (Phi) is 4.96. The van der Waals surface area contributed by atoms with E-state index in [1.54, 1.807) is 0 Å². The van der Waals surface area contributed by atoms with E-state index in [-0.39, 0.29) is 0 Å². The van der Waals surface area contributed by atoms with Crippen LogP contribution in [0.4, 0.5) is 0 Å². The predicted octanol–water partition coefficient (Wildman–Crippen LogP) is 3.31. The van der Waals surface area contributed by atoms with E-state index in [0.29, 0.717) is 0 Å². The van der Waals surface area contributed by atoms with E-state index in [4.69, 9.17) is 0 Å². The van der Waals surface area contributed by atoms with Crippen molar-refractivity contribution in [1.29, 1.82) is 0 Å². The normalized spacial score (nSPS) is 10.8. The lowest BCUT2D eigenvalue weighted by Crippen LogP contribution is -2.20. The number of rotatable bonds is 6. The molecule has 0 atom stereocenters. The maximum absolute atomic E-state index is 4.25. The molecule has 0 bridgehead atoms. The smallest absolute Gasteiger partial charge is 0.0951 e. The number of hydrogen-bond donors (Lipinski definition) is 1. The Morgan fingerprint density at radius 3 is 3.00 bits per heavy atom. The summed E-state index contributed by atoms with van der Waals surface area (Å²) in [6.07, 6.45) is 4.98. The number of aromatic nitrogens is 2. The minimum Gasteiger partial charge on any atom is -0.329 e. The van der Waals surface area contributed by atoms with E-state index in [2.05, 4.69) is 49.9 Å².